The number of halogens is 1. The molecule has 1 aliphatic heterocycles. The molecule has 4 rings (SSSR count). The number of esters is 1. The number of carbonyl (C=O) groups excluding carboxylic acids is 2. The van der Waals surface area contributed by atoms with E-state index in [0.717, 1.165) is 15.1 Å². The van der Waals surface area contributed by atoms with Crippen LogP contribution in [0.25, 0.3) is 10.2 Å². The number of carbonyl (C=O) groups is 2. The Kier molecular flexibility index (Phi) is 7.11. The number of thioether (sulfide) groups is 1. The van der Waals surface area contributed by atoms with Crippen LogP contribution in [-0.2, 0) is 20.9 Å². The molecule has 2 heterocycles. The maximum Gasteiger partial charge on any atom is 0.307 e. The van der Waals surface area contributed by atoms with Gasteiger partial charge in [-0.2, -0.15) is 4.99 Å². The van der Waals surface area contributed by atoms with Crippen molar-refractivity contribution in [1.29, 1.82) is 0 Å². The zero-order valence-corrected chi connectivity index (χ0v) is 19.0. The van der Waals surface area contributed by atoms with Crippen LogP contribution in [0, 0.1) is 5.82 Å². The molecule has 10 heteroatoms. The molecule has 0 N–H and O–H groups in total. The summed E-state index contributed by atoms with van der Waals surface area (Å²) in [5.41, 5.74) is 0.816. The third-order valence-corrected chi connectivity index (χ3v) is 6.70. The monoisotopic (exact) mass is 476 g/mol. The van der Waals surface area contributed by atoms with Crippen molar-refractivity contribution in [3.8, 4) is 11.5 Å². The lowest BCUT2D eigenvalue weighted by molar-refractivity contribution is -0.143. The summed E-state index contributed by atoms with van der Waals surface area (Å²) < 4.78 is 31.7. The fraction of sp³-hybridized carbons (Fsp3) is 0.318. The Hall–Kier alpha value is -2.85. The van der Waals surface area contributed by atoms with E-state index >= 15 is 0 Å². The van der Waals surface area contributed by atoms with Crippen LogP contribution in [0.5, 0.6) is 11.5 Å². The highest BCUT2D eigenvalue weighted by atomic mass is 32.2. The van der Waals surface area contributed by atoms with Gasteiger partial charge < -0.3 is 18.8 Å². The third kappa shape index (κ3) is 5.31. The van der Waals surface area contributed by atoms with Crippen molar-refractivity contribution in [2.45, 2.75) is 31.2 Å². The van der Waals surface area contributed by atoms with Crippen LogP contribution in [0.2, 0.25) is 0 Å². The van der Waals surface area contributed by atoms with E-state index in [1.165, 1.54) is 35.2 Å². The SMILES string of the molecule is CCOC(=O)CCn1c(=NC(=O)CCSc2ccc(F)cc2)sc2cc3c(cc21)OCO3. The summed E-state index contributed by atoms with van der Waals surface area (Å²) in [4.78, 5) is 30.1. The summed E-state index contributed by atoms with van der Waals surface area (Å²) in [5.74, 6) is 0.916. The number of ether oxygens (including phenoxy) is 3. The molecule has 0 spiro atoms. The van der Waals surface area contributed by atoms with Crippen LogP contribution < -0.4 is 14.3 Å². The lowest BCUT2D eigenvalue weighted by atomic mass is 10.3. The number of benzene rings is 2. The predicted octanol–water partition coefficient (Wildman–Crippen LogP) is 4.13. The van der Waals surface area contributed by atoms with Gasteiger partial charge in [-0.1, -0.05) is 11.3 Å². The van der Waals surface area contributed by atoms with E-state index in [2.05, 4.69) is 4.99 Å². The van der Waals surface area contributed by atoms with Gasteiger partial charge in [-0.15, -0.1) is 11.8 Å². The Morgan fingerprint density at radius 1 is 1.19 bits per heavy atom. The van der Waals surface area contributed by atoms with Crippen molar-refractivity contribution in [2.24, 2.45) is 4.99 Å². The number of hydrogen-bond donors (Lipinski definition) is 0. The molecular weight excluding hydrogens is 455 g/mol. The molecule has 0 aliphatic carbocycles. The number of fused-ring (bicyclic) bond motifs is 2. The fourth-order valence-corrected chi connectivity index (χ4v) is 5.07. The van der Waals surface area contributed by atoms with Crippen molar-refractivity contribution < 1.29 is 28.2 Å². The summed E-state index contributed by atoms with van der Waals surface area (Å²) in [6.07, 6.45) is 0.396. The highest BCUT2D eigenvalue weighted by Crippen LogP contribution is 2.37. The van der Waals surface area contributed by atoms with Gasteiger partial charge in [-0.25, -0.2) is 4.39 Å². The molecule has 1 aliphatic rings. The summed E-state index contributed by atoms with van der Waals surface area (Å²) in [6.45, 7) is 2.56. The molecule has 32 heavy (non-hydrogen) atoms. The van der Waals surface area contributed by atoms with Crippen LogP contribution in [0.3, 0.4) is 0 Å². The highest BCUT2D eigenvalue weighted by molar-refractivity contribution is 7.99. The fourth-order valence-electron chi connectivity index (χ4n) is 3.15. The summed E-state index contributed by atoms with van der Waals surface area (Å²) in [5, 5.41) is 0. The van der Waals surface area contributed by atoms with Gasteiger partial charge in [0.1, 0.15) is 5.82 Å². The second-order valence-electron chi connectivity index (χ2n) is 6.82. The van der Waals surface area contributed by atoms with E-state index in [4.69, 9.17) is 14.2 Å². The first-order valence-electron chi connectivity index (χ1n) is 10.1. The average molecular weight is 477 g/mol. The predicted molar refractivity (Wildman–Crippen MR) is 119 cm³/mol. The van der Waals surface area contributed by atoms with E-state index in [0.29, 0.717) is 35.2 Å². The van der Waals surface area contributed by atoms with Crippen LogP contribution in [0.1, 0.15) is 19.8 Å². The molecule has 1 amide bonds. The zero-order chi connectivity index (χ0) is 22.5. The first-order chi connectivity index (χ1) is 15.5. The molecular formula is C22H21FN2O5S2. The second-order valence-corrected chi connectivity index (χ2v) is 9.00. The number of thiazole rings is 1. The van der Waals surface area contributed by atoms with Crippen molar-refractivity contribution in [3.63, 3.8) is 0 Å². The van der Waals surface area contributed by atoms with Crippen molar-refractivity contribution in [3.05, 3.63) is 47.0 Å². The minimum atomic E-state index is -0.312. The second kappa shape index (κ2) is 10.2. The lowest BCUT2D eigenvalue weighted by Gasteiger charge is -2.06. The number of nitrogens with zero attached hydrogens (tertiary/aromatic N) is 2. The standard InChI is InChI=1S/C22H21FN2O5S2/c1-2-28-21(27)7-9-25-16-11-17-18(30-13-29-17)12-19(16)32-22(25)24-20(26)8-10-31-15-5-3-14(23)4-6-15/h3-6,11-12H,2,7-10,13H2,1H3. The molecule has 0 fully saturated rings. The van der Waals surface area contributed by atoms with Crippen LogP contribution in [0.4, 0.5) is 4.39 Å². The Labute approximate surface area is 191 Å². The molecule has 2 aromatic carbocycles. The highest BCUT2D eigenvalue weighted by Gasteiger charge is 2.18. The van der Waals surface area contributed by atoms with Crippen LogP contribution >= 0.6 is 23.1 Å². The van der Waals surface area contributed by atoms with Gasteiger partial charge in [-0.05, 0) is 31.2 Å². The van der Waals surface area contributed by atoms with Crippen molar-refractivity contribution in [1.82, 2.24) is 4.57 Å². The molecule has 7 nitrogen and oxygen atoms in total. The Balaban J connectivity index is 1.54. The van der Waals surface area contributed by atoms with Gasteiger partial charge in [0, 0.05) is 35.7 Å². The molecule has 0 unspecified atom stereocenters. The number of hydrogen-bond acceptors (Lipinski definition) is 7. The third-order valence-electron chi connectivity index (χ3n) is 4.64. The number of rotatable bonds is 8. The van der Waals surface area contributed by atoms with E-state index < -0.39 is 0 Å². The Morgan fingerprint density at radius 2 is 1.94 bits per heavy atom. The number of aryl methyl sites for hydroxylation is 1. The van der Waals surface area contributed by atoms with Gasteiger partial charge in [0.25, 0.3) is 0 Å². The summed E-state index contributed by atoms with van der Waals surface area (Å²) in [6, 6.07) is 9.84. The Bertz CT molecular complexity index is 1200. The molecule has 1 aromatic heterocycles. The minimum absolute atomic E-state index is 0.163. The van der Waals surface area contributed by atoms with Crippen LogP contribution in [-0.4, -0.2) is 35.6 Å². The maximum absolute atomic E-state index is 13.0. The summed E-state index contributed by atoms with van der Waals surface area (Å²) >= 11 is 2.82. The quantitative estimate of drug-likeness (QED) is 0.359. The Morgan fingerprint density at radius 3 is 2.69 bits per heavy atom. The van der Waals surface area contributed by atoms with Gasteiger partial charge in [-0.3, -0.25) is 9.59 Å². The number of aromatic nitrogens is 1. The molecule has 0 atom stereocenters. The first-order valence-corrected chi connectivity index (χ1v) is 11.9. The van der Waals surface area contributed by atoms with E-state index in [-0.39, 0.29) is 37.3 Å². The summed E-state index contributed by atoms with van der Waals surface area (Å²) in [7, 11) is 0. The van der Waals surface area contributed by atoms with Gasteiger partial charge in [0.05, 0.1) is 23.2 Å². The first kappa shape index (κ1) is 22.3. The van der Waals surface area contributed by atoms with Crippen LogP contribution in [0.15, 0.2) is 46.3 Å². The smallest absolute Gasteiger partial charge is 0.307 e. The van der Waals surface area contributed by atoms with Gasteiger partial charge in [0.15, 0.2) is 16.3 Å². The number of amides is 1. The molecule has 0 saturated heterocycles. The normalized spacial score (nSPS) is 13.0. The molecule has 3 aromatic rings. The van der Waals surface area contributed by atoms with E-state index in [1.807, 2.05) is 16.7 Å². The largest absolute Gasteiger partial charge is 0.466 e. The molecule has 0 bridgehead atoms. The zero-order valence-electron chi connectivity index (χ0n) is 17.3. The van der Waals surface area contributed by atoms with E-state index in [1.54, 1.807) is 19.1 Å². The van der Waals surface area contributed by atoms with Crippen molar-refractivity contribution in [2.75, 3.05) is 19.2 Å². The van der Waals surface area contributed by atoms with Crippen molar-refractivity contribution >= 4 is 45.2 Å². The maximum atomic E-state index is 13.0. The average Bonchev–Trinajstić information content (AvgIpc) is 3.35. The van der Waals surface area contributed by atoms with Gasteiger partial charge >= 0.3 is 5.97 Å². The molecule has 0 radical (unpaired) electrons. The minimum Gasteiger partial charge on any atom is -0.466 e. The van der Waals surface area contributed by atoms with Gasteiger partial charge in [0.2, 0.25) is 12.7 Å². The topological polar surface area (TPSA) is 79.1 Å². The lowest BCUT2D eigenvalue weighted by Crippen LogP contribution is -2.19. The van der Waals surface area contributed by atoms with E-state index in [9.17, 15) is 14.0 Å². The molecule has 168 valence electrons. The molecule has 0 saturated carbocycles.